The van der Waals surface area contributed by atoms with Crippen LogP contribution in [0.4, 0.5) is 21.5 Å². The molecule has 0 aliphatic carbocycles. The summed E-state index contributed by atoms with van der Waals surface area (Å²) in [4.78, 5) is 12.2. The summed E-state index contributed by atoms with van der Waals surface area (Å²) < 4.78 is 40.1. The second-order valence-electron chi connectivity index (χ2n) is 6.36. The SMILES string of the molecule is C[C@@H](Nc1ccc(NS(=O)(=O)c2ccc(F)cc2)cc1)C(=O)Nc1ccccc1. The first-order valence-corrected chi connectivity index (χ1v) is 10.3. The van der Waals surface area contributed by atoms with Crippen molar-refractivity contribution in [3.63, 3.8) is 0 Å². The van der Waals surface area contributed by atoms with Gasteiger partial charge >= 0.3 is 0 Å². The quantitative estimate of drug-likeness (QED) is 0.545. The van der Waals surface area contributed by atoms with Crippen LogP contribution < -0.4 is 15.4 Å². The molecule has 0 saturated heterocycles. The van der Waals surface area contributed by atoms with Crippen LogP contribution in [0, 0.1) is 5.82 Å². The number of halogens is 1. The van der Waals surface area contributed by atoms with Crippen molar-refractivity contribution in [2.75, 3.05) is 15.4 Å². The van der Waals surface area contributed by atoms with Gasteiger partial charge in [-0.15, -0.1) is 0 Å². The lowest BCUT2D eigenvalue weighted by atomic mass is 10.2. The van der Waals surface area contributed by atoms with Crippen LogP contribution in [0.25, 0.3) is 0 Å². The number of carbonyl (C=O) groups is 1. The van der Waals surface area contributed by atoms with Gasteiger partial charge in [-0.2, -0.15) is 0 Å². The number of nitrogens with one attached hydrogen (secondary N) is 3. The van der Waals surface area contributed by atoms with Gasteiger partial charge < -0.3 is 10.6 Å². The zero-order chi connectivity index (χ0) is 20.9. The van der Waals surface area contributed by atoms with Gasteiger partial charge in [-0.3, -0.25) is 9.52 Å². The van der Waals surface area contributed by atoms with Gasteiger partial charge in [0, 0.05) is 17.1 Å². The van der Waals surface area contributed by atoms with E-state index in [4.69, 9.17) is 0 Å². The maximum absolute atomic E-state index is 13.0. The Kier molecular flexibility index (Phi) is 6.13. The van der Waals surface area contributed by atoms with Crippen molar-refractivity contribution < 1.29 is 17.6 Å². The van der Waals surface area contributed by atoms with E-state index >= 15 is 0 Å². The maximum Gasteiger partial charge on any atom is 0.261 e. The summed E-state index contributed by atoms with van der Waals surface area (Å²) >= 11 is 0. The molecule has 0 heterocycles. The van der Waals surface area contributed by atoms with Gasteiger partial charge in [0.25, 0.3) is 10.0 Å². The number of hydrogen-bond donors (Lipinski definition) is 3. The predicted molar refractivity (Wildman–Crippen MR) is 112 cm³/mol. The third-order valence-electron chi connectivity index (χ3n) is 4.08. The number of para-hydroxylation sites is 1. The minimum atomic E-state index is -3.82. The van der Waals surface area contributed by atoms with Crippen molar-refractivity contribution in [2.45, 2.75) is 17.9 Å². The molecule has 1 amide bonds. The molecular formula is C21H20FN3O3S. The zero-order valence-corrected chi connectivity index (χ0v) is 16.4. The topological polar surface area (TPSA) is 87.3 Å². The fourth-order valence-corrected chi connectivity index (χ4v) is 3.61. The molecule has 0 saturated carbocycles. The number of anilines is 3. The summed E-state index contributed by atoms with van der Waals surface area (Å²) in [5, 5.41) is 5.87. The van der Waals surface area contributed by atoms with Gasteiger partial charge in [-0.25, -0.2) is 12.8 Å². The first-order valence-electron chi connectivity index (χ1n) is 8.84. The van der Waals surface area contributed by atoms with Crippen LogP contribution >= 0.6 is 0 Å². The molecule has 3 aromatic rings. The monoisotopic (exact) mass is 413 g/mol. The maximum atomic E-state index is 13.0. The lowest BCUT2D eigenvalue weighted by Gasteiger charge is -2.16. The Morgan fingerprint density at radius 2 is 1.41 bits per heavy atom. The number of carbonyl (C=O) groups excluding carboxylic acids is 1. The summed E-state index contributed by atoms with van der Waals surface area (Å²) in [7, 11) is -3.82. The van der Waals surface area contributed by atoms with E-state index in [1.165, 1.54) is 12.1 Å². The lowest BCUT2D eigenvalue weighted by molar-refractivity contribution is -0.116. The molecule has 1 atom stereocenters. The molecule has 3 N–H and O–H groups in total. The van der Waals surface area contributed by atoms with E-state index in [2.05, 4.69) is 15.4 Å². The highest BCUT2D eigenvalue weighted by Crippen LogP contribution is 2.19. The van der Waals surface area contributed by atoms with E-state index in [1.54, 1.807) is 43.3 Å². The van der Waals surface area contributed by atoms with Crippen LogP contribution in [0.5, 0.6) is 0 Å². The van der Waals surface area contributed by atoms with E-state index in [0.29, 0.717) is 17.1 Å². The third kappa shape index (κ3) is 5.55. The number of rotatable bonds is 7. The first kappa shape index (κ1) is 20.3. The van der Waals surface area contributed by atoms with E-state index in [1.807, 2.05) is 18.2 Å². The lowest BCUT2D eigenvalue weighted by Crippen LogP contribution is -2.31. The van der Waals surface area contributed by atoms with Crippen LogP contribution in [0.1, 0.15) is 6.92 Å². The summed E-state index contributed by atoms with van der Waals surface area (Å²) in [6, 6.07) is 19.7. The Bertz CT molecular complexity index is 1070. The highest BCUT2D eigenvalue weighted by molar-refractivity contribution is 7.92. The Hall–Kier alpha value is -3.39. The van der Waals surface area contributed by atoms with Crippen molar-refractivity contribution in [3.05, 3.63) is 84.7 Å². The Morgan fingerprint density at radius 1 is 0.828 bits per heavy atom. The van der Waals surface area contributed by atoms with Crippen molar-refractivity contribution in [3.8, 4) is 0 Å². The second kappa shape index (κ2) is 8.74. The van der Waals surface area contributed by atoms with Gasteiger partial charge in [0.1, 0.15) is 11.9 Å². The van der Waals surface area contributed by atoms with Crippen LogP contribution in [-0.2, 0) is 14.8 Å². The molecule has 0 fully saturated rings. The molecule has 6 nitrogen and oxygen atoms in total. The highest BCUT2D eigenvalue weighted by atomic mass is 32.2. The number of amides is 1. The number of sulfonamides is 1. The van der Waals surface area contributed by atoms with E-state index < -0.39 is 21.9 Å². The molecular weight excluding hydrogens is 393 g/mol. The molecule has 3 rings (SSSR count). The van der Waals surface area contributed by atoms with Crippen LogP contribution in [0.15, 0.2) is 83.8 Å². The van der Waals surface area contributed by atoms with Crippen molar-refractivity contribution in [1.29, 1.82) is 0 Å². The Morgan fingerprint density at radius 3 is 2.03 bits per heavy atom. The summed E-state index contributed by atoms with van der Waals surface area (Å²) in [5.74, 6) is -0.706. The third-order valence-corrected chi connectivity index (χ3v) is 5.48. The smallest absolute Gasteiger partial charge is 0.261 e. The Balaban J connectivity index is 1.61. The fraction of sp³-hybridized carbons (Fsp3) is 0.0952. The van der Waals surface area contributed by atoms with E-state index in [-0.39, 0.29) is 10.8 Å². The zero-order valence-electron chi connectivity index (χ0n) is 15.6. The van der Waals surface area contributed by atoms with Crippen LogP contribution in [0.2, 0.25) is 0 Å². The Labute approximate surface area is 168 Å². The molecule has 29 heavy (non-hydrogen) atoms. The normalized spacial score (nSPS) is 12.1. The highest BCUT2D eigenvalue weighted by Gasteiger charge is 2.15. The molecule has 0 spiro atoms. The van der Waals surface area contributed by atoms with E-state index in [9.17, 15) is 17.6 Å². The standard InChI is InChI=1S/C21H20FN3O3S/c1-15(21(26)24-17-5-3-2-4-6-17)23-18-9-11-19(12-10-18)25-29(27,28)20-13-7-16(22)8-14-20/h2-15,23,25H,1H3,(H,24,26)/t15-/m1/s1. The second-order valence-corrected chi connectivity index (χ2v) is 8.04. The van der Waals surface area contributed by atoms with Crippen LogP contribution in [-0.4, -0.2) is 20.4 Å². The summed E-state index contributed by atoms with van der Waals surface area (Å²) in [6.45, 7) is 1.73. The molecule has 0 aliphatic heterocycles. The van der Waals surface area contributed by atoms with Crippen molar-refractivity contribution in [1.82, 2.24) is 0 Å². The average Bonchev–Trinajstić information content (AvgIpc) is 2.70. The van der Waals surface area contributed by atoms with Gasteiger partial charge in [-0.1, -0.05) is 18.2 Å². The molecule has 150 valence electrons. The molecule has 8 heteroatoms. The van der Waals surface area contributed by atoms with Gasteiger partial charge in [0.05, 0.1) is 4.90 Å². The minimum Gasteiger partial charge on any atom is -0.374 e. The summed E-state index contributed by atoms with van der Waals surface area (Å²) in [5.41, 5.74) is 1.71. The van der Waals surface area contributed by atoms with Crippen molar-refractivity contribution >= 4 is 33.0 Å². The number of hydrogen-bond acceptors (Lipinski definition) is 4. The molecule has 3 aromatic carbocycles. The summed E-state index contributed by atoms with van der Waals surface area (Å²) in [6.07, 6.45) is 0. The predicted octanol–water partition coefficient (Wildman–Crippen LogP) is 4.07. The first-order chi connectivity index (χ1) is 13.8. The number of benzene rings is 3. The molecule has 0 aliphatic rings. The molecule has 0 radical (unpaired) electrons. The average molecular weight is 413 g/mol. The van der Waals surface area contributed by atoms with Gasteiger partial charge in [0.2, 0.25) is 5.91 Å². The molecule has 0 bridgehead atoms. The molecule has 0 unspecified atom stereocenters. The van der Waals surface area contributed by atoms with E-state index in [0.717, 1.165) is 12.1 Å². The largest absolute Gasteiger partial charge is 0.374 e. The fourth-order valence-electron chi connectivity index (χ4n) is 2.55. The van der Waals surface area contributed by atoms with Crippen LogP contribution in [0.3, 0.4) is 0 Å². The van der Waals surface area contributed by atoms with Gasteiger partial charge in [0.15, 0.2) is 0 Å². The van der Waals surface area contributed by atoms with Gasteiger partial charge in [-0.05, 0) is 67.6 Å². The van der Waals surface area contributed by atoms with Crippen molar-refractivity contribution in [2.24, 2.45) is 0 Å². The molecule has 0 aromatic heterocycles. The minimum absolute atomic E-state index is 0.0349.